The molecular formula is C17H16NO4. The summed E-state index contributed by atoms with van der Waals surface area (Å²) < 4.78 is 4.60. The van der Waals surface area contributed by atoms with Crippen LogP contribution in [0.2, 0.25) is 0 Å². The maximum atomic E-state index is 12.1. The van der Waals surface area contributed by atoms with Gasteiger partial charge in [-0.1, -0.05) is 12.1 Å². The molecular weight excluding hydrogens is 282 g/mol. The molecule has 0 unspecified atom stereocenters. The standard InChI is InChI=1S/C17H16NO4/c1-22-17(21)14-6-4-13(5-7-14)16(20)18-15-8-2-12(3-9-15)10-11-19/h2-9H,10-11H2,1H3,(H,18,20). The Balaban J connectivity index is 2.03. The van der Waals surface area contributed by atoms with Gasteiger partial charge in [-0.25, -0.2) is 9.90 Å². The largest absolute Gasteiger partial charge is 0.465 e. The van der Waals surface area contributed by atoms with E-state index in [1.165, 1.54) is 19.2 Å². The molecule has 1 amide bonds. The molecule has 0 saturated heterocycles. The van der Waals surface area contributed by atoms with Crippen molar-refractivity contribution in [3.8, 4) is 0 Å². The van der Waals surface area contributed by atoms with E-state index in [-0.39, 0.29) is 12.5 Å². The lowest BCUT2D eigenvalue weighted by molar-refractivity contribution is 0.0600. The van der Waals surface area contributed by atoms with Crippen molar-refractivity contribution in [2.75, 3.05) is 19.0 Å². The fourth-order valence-corrected chi connectivity index (χ4v) is 1.95. The molecule has 2 rings (SSSR count). The summed E-state index contributed by atoms with van der Waals surface area (Å²) in [6.45, 7) is -0.155. The zero-order valence-electron chi connectivity index (χ0n) is 12.2. The summed E-state index contributed by atoms with van der Waals surface area (Å²) in [7, 11) is 1.31. The molecule has 0 saturated carbocycles. The van der Waals surface area contributed by atoms with Gasteiger partial charge in [0.05, 0.1) is 19.3 Å². The molecule has 0 aliphatic rings. The summed E-state index contributed by atoms with van der Waals surface area (Å²) in [5.41, 5.74) is 2.42. The van der Waals surface area contributed by atoms with E-state index in [1.807, 2.05) is 12.1 Å². The Morgan fingerprint density at radius 1 is 0.955 bits per heavy atom. The van der Waals surface area contributed by atoms with Crippen molar-refractivity contribution in [1.82, 2.24) is 0 Å². The third-order valence-electron chi connectivity index (χ3n) is 3.17. The number of carbonyl (C=O) groups is 2. The molecule has 5 nitrogen and oxygen atoms in total. The molecule has 1 N–H and O–H groups in total. The van der Waals surface area contributed by atoms with Crippen LogP contribution in [0.25, 0.3) is 0 Å². The molecule has 5 heteroatoms. The summed E-state index contributed by atoms with van der Waals surface area (Å²) in [5, 5.41) is 13.3. The second kappa shape index (κ2) is 7.38. The van der Waals surface area contributed by atoms with Crippen molar-refractivity contribution < 1.29 is 19.4 Å². The maximum absolute atomic E-state index is 12.1. The Morgan fingerprint density at radius 2 is 1.55 bits per heavy atom. The Bertz CT molecular complexity index is 647. The predicted molar refractivity (Wildman–Crippen MR) is 81.4 cm³/mol. The summed E-state index contributed by atoms with van der Waals surface area (Å²) in [6.07, 6.45) is 0.475. The van der Waals surface area contributed by atoms with Crippen LogP contribution in [0, 0.1) is 0 Å². The number of anilines is 1. The van der Waals surface area contributed by atoms with Crippen molar-refractivity contribution in [2.24, 2.45) is 0 Å². The monoisotopic (exact) mass is 298 g/mol. The Labute approximate surface area is 128 Å². The fourth-order valence-electron chi connectivity index (χ4n) is 1.95. The number of carbonyl (C=O) groups excluding carboxylic acids is 2. The van der Waals surface area contributed by atoms with Crippen LogP contribution in [0.1, 0.15) is 26.3 Å². The van der Waals surface area contributed by atoms with Crippen molar-refractivity contribution in [3.05, 3.63) is 65.2 Å². The third kappa shape index (κ3) is 3.93. The molecule has 0 aliphatic heterocycles. The molecule has 0 atom stereocenters. The van der Waals surface area contributed by atoms with E-state index in [0.717, 1.165) is 5.56 Å². The van der Waals surface area contributed by atoms with Gasteiger partial charge in [-0.05, 0) is 48.4 Å². The van der Waals surface area contributed by atoms with E-state index < -0.39 is 5.97 Å². The second-order valence-electron chi connectivity index (χ2n) is 4.67. The number of nitrogens with one attached hydrogen (secondary N) is 1. The number of hydrogen-bond acceptors (Lipinski definition) is 3. The lowest BCUT2D eigenvalue weighted by atomic mass is 10.1. The first-order valence-electron chi connectivity index (χ1n) is 6.81. The highest BCUT2D eigenvalue weighted by molar-refractivity contribution is 6.04. The predicted octanol–water partition coefficient (Wildman–Crippen LogP) is 2.70. The van der Waals surface area contributed by atoms with Crippen LogP contribution in [0.5, 0.6) is 0 Å². The summed E-state index contributed by atoms with van der Waals surface area (Å²) >= 11 is 0. The van der Waals surface area contributed by atoms with Gasteiger partial charge in [0.2, 0.25) is 0 Å². The van der Waals surface area contributed by atoms with Gasteiger partial charge in [0.15, 0.2) is 0 Å². The molecule has 22 heavy (non-hydrogen) atoms. The van der Waals surface area contributed by atoms with Crippen molar-refractivity contribution >= 4 is 17.6 Å². The first-order chi connectivity index (χ1) is 10.6. The molecule has 0 bridgehead atoms. The smallest absolute Gasteiger partial charge is 0.337 e. The number of methoxy groups -OCH3 is 1. The maximum Gasteiger partial charge on any atom is 0.337 e. The number of ether oxygens (including phenoxy) is 1. The Morgan fingerprint density at radius 3 is 2.09 bits per heavy atom. The molecule has 0 fully saturated rings. The minimum Gasteiger partial charge on any atom is -0.465 e. The molecule has 1 radical (unpaired) electrons. The number of esters is 1. The topological polar surface area (TPSA) is 75.3 Å². The van der Waals surface area contributed by atoms with Crippen LogP contribution in [0.3, 0.4) is 0 Å². The quantitative estimate of drug-likeness (QED) is 0.862. The summed E-state index contributed by atoms with van der Waals surface area (Å²) in [5.74, 6) is -0.714. The first kappa shape index (κ1) is 15.7. The third-order valence-corrected chi connectivity index (χ3v) is 3.17. The fraction of sp³-hybridized carbons (Fsp3) is 0.176. The average Bonchev–Trinajstić information content (AvgIpc) is 2.56. The van der Waals surface area contributed by atoms with Gasteiger partial charge in [0, 0.05) is 11.3 Å². The molecule has 0 aromatic heterocycles. The molecule has 0 spiro atoms. The highest BCUT2D eigenvalue weighted by Crippen LogP contribution is 2.13. The van der Waals surface area contributed by atoms with E-state index in [1.54, 1.807) is 24.3 Å². The van der Waals surface area contributed by atoms with Gasteiger partial charge < -0.3 is 10.1 Å². The zero-order chi connectivity index (χ0) is 15.9. The van der Waals surface area contributed by atoms with Crippen LogP contribution in [-0.4, -0.2) is 25.6 Å². The minimum absolute atomic E-state index is 0.155. The highest BCUT2D eigenvalue weighted by atomic mass is 16.5. The highest BCUT2D eigenvalue weighted by Gasteiger charge is 2.09. The first-order valence-corrected chi connectivity index (χ1v) is 6.81. The van der Waals surface area contributed by atoms with Crippen LogP contribution < -0.4 is 5.32 Å². The van der Waals surface area contributed by atoms with E-state index in [4.69, 9.17) is 0 Å². The lowest BCUT2D eigenvalue weighted by Crippen LogP contribution is -2.12. The van der Waals surface area contributed by atoms with E-state index in [2.05, 4.69) is 10.1 Å². The average molecular weight is 298 g/mol. The van der Waals surface area contributed by atoms with Crippen LogP contribution in [-0.2, 0) is 16.3 Å². The van der Waals surface area contributed by atoms with Gasteiger partial charge in [-0.3, -0.25) is 4.79 Å². The van der Waals surface area contributed by atoms with E-state index in [0.29, 0.717) is 23.2 Å². The van der Waals surface area contributed by atoms with Gasteiger partial charge in [0.25, 0.3) is 5.91 Å². The molecule has 2 aromatic rings. The Hall–Kier alpha value is -2.66. The normalized spacial score (nSPS) is 10.1. The van der Waals surface area contributed by atoms with Crippen LogP contribution in [0.15, 0.2) is 48.5 Å². The van der Waals surface area contributed by atoms with Crippen molar-refractivity contribution in [1.29, 1.82) is 0 Å². The molecule has 2 aromatic carbocycles. The second-order valence-corrected chi connectivity index (χ2v) is 4.67. The molecule has 0 heterocycles. The number of benzene rings is 2. The van der Waals surface area contributed by atoms with Gasteiger partial charge >= 0.3 is 5.97 Å². The lowest BCUT2D eigenvalue weighted by Gasteiger charge is -2.07. The van der Waals surface area contributed by atoms with Gasteiger partial charge in [-0.2, -0.15) is 0 Å². The van der Waals surface area contributed by atoms with E-state index in [9.17, 15) is 14.7 Å². The van der Waals surface area contributed by atoms with Crippen LogP contribution in [0.4, 0.5) is 5.69 Å². The summed E-state index contributed by atoms with van der Waals surface area (Å²) in [4.78, 5) is 23.4. The number of rotatable bonds is 5. The molecule has 113 valence electrons. The van der Waals surface area contributed by atoms with Crippen molar-refractivity contribution in [2.45, 2.75) is 6.42 Å². The minimum atomic E-state index is -0.444. The van der Waals surface area contributed by atoms with Gasteiger partial charge in [0.1, 0.15) is 0 Å². The molecule has 0 aliphatic carbocycles. The van der Waals surface area contributed by atoms with E-state index >= 15 is 0 Å². The van der Waals surface area contributed by atoms with Crippen molar-refractivity contribution in [3.63, 3.8) is 0 Å². The zero-order valence-corrected chi connectivity index (χ0v) is 12.2. The van der Waals surface area contributed by atoms with Crippen LogP contribution >= 0.6 is 0 Å². The summed E-state index contributed by atoms with van der Waals surface area (Å²) in [6, 6.07) is 13.3. The Kier molecular flexibility index (Phi) is 5.27. The number of hydrogen-bond donors (Lipinski definition) is 1. The van der Waals surface area contributed by atoms with Gasteiger partial charge in [-0.15, -0.1) is 0 Å². The number of amides is 1. The SMILES string of the molecule is COC(=O)c1ccc(C(=O)Nc2ccc(CC[O])cc2)cc1.